The number of alkyl carbamates (subject to hydrolysis) is 1. The standard InChI is InChI=1S/C26H29NO7/c1-15(2)23(27-25(30)34-26(3,4)5)24(29)32-18-11-12-19-20(14-22(28)33-21(19)13-18)16-7-9-17(31-6)10-8-16/h7-15,23H,1-6H3,(H,27,30). The van der Waals surface area contributed by atoms with Crippen LogP contribution in [0.1, 0.15) is 34.6 Å². The van der Waals surface area contributed by atoms with Gasteiger partial charge in [-0.1, -0.05) is 26.0 Å². The van der Waals surface area contributed by atoms with E-state index in [9.17, 15) is 14.4 Å². The summed E-state index contributed by atoms with van der Waals surface area (Å²) in [4.78, 5) is 37.2. The number of benzene rings is 2. The summed E-state index contributed by atoms with van der Waals surface area (Å²) >= 11 is 0. The van der Waals surface area contributed by atoms with Gasteiger partial charge < -0.3 is 23.9 Å². The Morgan fingerprint density at radius 2 is 1.62 bits per heavy atom. The number of fused-ring (bicyclic) bond motifs is 1. The molecule has 0 radical (unpaired) electrons. The molecule has 1 N–H and O–H groups in total. The molecule has 8 heteroatoms. The fourth-order valence-electron chi connectivity index (χ4n) is 3.33. The summed E-state index contributed by atoms with van der Waals surface area (Å²) in [6.45, 7) is 8.77. The highest BCUT2D eigenvalue weighted by atomic mass is 16.6. The minimum absolute atomic E-state index is 0.184. The van der Waals surface area contributed by atoms with Crippen molar-refractivity contribution in [1.29, 1.82) is 0 Å². The van der Waals surface area contributed by atoms with E-state index in [0.29, 0.717) is 16.7 Å². The zero-order valence-electron chi connectivity index (χ0n) is 20.1. The van der Waals surface area contributed by atoms with Crippen LogP contribution in [0.15, 0.2) is 57.7 Å². The molecule has 1 unspecified atom stereocenters. The monoisotopic (exact) mass is 467 g/mol. The van der Waals surface area contributed by atoms with Crippen molar-refractivity contribution < 1.29 is 28.2 Å². The highest BCUT2D eigenvalue weighted by molar-refractivity contribution is 5.94. The van der Waals surface area contributed by atoms with E-state index in [2.05, 4.69) is 5.32 Å². The molecule has 34 heavy (non-hydrogen) atoms. The third-order valence-electron chi connectivity index (χ3n) is 4.93. The molecule has 1 amide bonds. The number of carbonyl (C=O) groups is 2. The lowest BCUT2D eigenvalue weighted by atomic mass is 10.0. The molecular weight excluding hydrogens is 438 g/mol. The van der Waals surface area contributed by atoms with E-state index in [1.807, 2.05) is 12.1 Å². The number of hydrogen-bond donors (Lipinski definition) is 1. The topological polar surface area (TPSA) is 104 Å². The van der Waals surface area contributed by atoms with Crippen molar-refractivity contribution >= 4 is 23.0 Å². The van der Waals surface area contributed by atoms with Gasteiger partial charge in [-0.15, -0.1) is 0 Å². The highest BCUT2D eigenvalue weighted by Crippen LogP contribution is 2.31. The predicted molar refractivity (Wildman–Crippen MR) is 128 cm³/mol. The molecule has 0 aliphatic heterocycles. The zero-order valence-corrected chi connectivity index (χ0v) is 20.1. The molecular formula is C26H29NO7. The molecule has 3 rings (SSSR count). The summed E-state index contributed by atoms with van der Waals surface area (Å²) in [5.74, 6) is -0.0250. The second kappa shape index (κ2) is 9.99. The van der Waals surface area contributed by atoms with E-state index in [1.165, 1.54) is 12.1 Å². The third-order valence-corrected chi connectivity index (χ3v) is 4.93. The fourth-order valence-corrected chi connectivity index (χ4v) is 3.33. The molecule has 0 aliphatic rings. The van der Waals surface area contributed by atoms with Crippen LogP contribution in [-0.4, -0.2) is 30.8 Å². The molecule has 0 spiro atoms. The first-order valence-corrected chi connectivity index (χ1v) is 10.9. The van der Waals surface area contributed by atoms with Gasteiger partial charge in [-0.2, -0.15) is 0 Å². The van der Waals surface area contributed by atoms with Crippen LogP contribution in [-0.2, 0) is 9.53 Å². The summed E-state index contributed by atoms with van der Waals surface area (Å²) < 4.78 is 21.3. The quantitative estimate of drug-likeness (QED) is 0.312. The first-order valence-electron chi connectivity index (χ1n) is 10.9. The number of amides is 1. The van der Waals surface area contributed by atoms with Crippen molar-refractivity contribution in [2.75, 3.05) is 7.11 Å². The Morgan fingerprint density at radius 1 is 0.971 bits per heavy atom. The van der Waals surface area contributed by atoms with Gasteiger partial charge in [0.15, 0.2) is 0 Å². The summed E-state index contributed by atoms with van der Waals surface area (Å²) in [6, 6.07) is 12.6. The van der Waals surface area contributed by atoms with Crippen molar-refractivity contribution in [3.05, 3.63) is 59.0 Å². The van der Waals surface area contributed by atoms with E-state index in [4.69, 9.17) is 18.6 Å². The Labute approximate surface area is 197 Å². The third kappa shape index (κ3) is 6.15. The van der Waals surface area contributed by atoms with E-state index in [0.717, 1.165) is 5.56 Å². The lowest BCUT2D eigenvalue weighted by Gasteiger charge is -2.24. The molecule has 1 heterocycles. The SMILES string of the molecule is COc1ccc(-c2cc(=O)oc3cc(OC(=O)C(NC(=O)OC(C)(C)C)C(C)C)ccc23)cc1. The predicted octanol–water partition coefficient (Wildman–Crippen LogP) is 4.92. The molecule has 1 atom stereocenters. The van der Waals surface area contributed by atoms with Gasteiger partial charge in [-0.3, -0.25) is 0 Å². The largest absolute Gasteiger partial charge is 0.497 e. The molecule has 0 saturated carbocycles. The number of rotatable bonds is 6. The van der Waals surface area contributed by atoms with Crippen LogP contribution in [0, 0.1) is 5.92 Å². The second-order valence-electron chi connectivity index (χ2n) is 9.15. The molecule has 0 saturated heterocycles. The molecule has 0 bridgehead atoms. The number of nitrogens with one attached hydrogen (secondary N) is 1. The van der Waals surface area contributed by atoms with Gasteiger partial charge in [0.25, 0.3) is 0 Å². The van der Waals surface area contributed by atoms with Crippen LogP contribution in [0.2, 0.25) is 0 Å². The molecule has 0 fully saturated rings. The average Bonchev–Trinajstić information content (AvgIpc) is 2.75. The summed E-state index contributed by atoms with van der Waals surface area (Å²) in [5, 5.41) is 3.24. The van der Waals surface area contributed by atoms with E-state index in [1.54, 1.807) is 66.0 Å². The number of hydrogen-bond acceptors (Lipinski definition) is 7. The Bertz CT molecular complexity index is 1240. The van der Waals surface area contributed by atoms with Crippen molar-refractivity contribution in [3.63, 3.8) is 0 Å². The number of esters is 1. The molecule has 1 aromatic heterocycles. The lowest BCUT2D eigenvalue weighted by Crippen LogP contribution is -2.48. The van der Waals surface area contributed by atoms with Crippen LogP contribution in [0.3, 0.4) is 0 Å². The molecule has 8 nitrogen and oxygen atoms in total. The van der Waals surface area contributed by atoms with Crippen LogP contribution in [0.4, 0.5) is 4.79 Å². The van der Waals surface area contributed by atoms with Crippen LogP contribution in [0.25, 0.3) is 22.1 Å². The Morgan fingerprint density at radius 3 is 2.21 bits per heavy atom. The maximum absolute atomic E-state index is 12.8. The first-order chi connectivity index (χ1) is 16.0. The van der Waals surface area contributed by atoms with Crippen LogP contribution in [0.5, 0.6) is 11.5 Å². The molecule has 2 aromatic carbocycles. The molecule has 3 aromatic rings. The minimum atomic E-state index is -0.928. The van der Waals surface area contributed by atoms with E-state index in [-0.39, 0.29) is 17.3 Å². The van der Waals surface area contributed by atoms with Gasteiger partial charge in [0.2, 0.25) is 0 Å². The number of methoxy groups -OCH3 is 1. The molecule has 180 valence electrons. The van der Waals surface area contributed by atoms with Gasteiger partial charge in [-0.05, 0) is 62.1 Å². The van der Waals surface area contributed by atoms with Gasteiger partial charge in [0.05, 0.1) is 7.11 Å². The van der Waals surface area contributed by atoms with Crippen molar-refractivity contribution in [1.82, 2.24) is 5.32 Å². The Kier molecular flexibility index (Phi) is 7.29. The van der Waals surface area contributed by atoms with E-state index >= 15 is 0 Å². The van der Waals surface area contributed by atoms with Crippen molar-refractivity contribution in [2.24, 2.45) is 5.92 Å². The lowest BCUT2D eigenvalue weighted by molar-refractivity contribution is -0.137. The zero-order chi connectivity index (χ0) is 25.0. The van der Waals surface area contributed by atoms with Gasteiger partial charge in [-0.25, -0.2) is 14.4 Å². The van der Waals surface area contributed by atoms with Crippen LogP contribution >= 0.6 is 0 Å². The highest BCUT2D eigenvalue weighted by Gasteiger charge is 2.28. The minimum Gasteiger partial charge on any atom is -0.497 e. The summed E-state index contributed by atoms with van der Waals surface area (Å²) in [5.41, 5.74) is 0.522. The average molecular weight is 468 g/mol. The van der Waals surface area contributed by atoms with Crippen molar-refractivity contribution in [3.8, 4) is 22.6 Å². The summed E-state index contributed by atoms with van der Waals surface area (Å²) in [6.07, 6.45) is -0.711. The maximum atomic E-state index is 12.8. The maximum Gasteiger partial charge on any atom is 0.408 e. The van der Waals surface area contributed by atoms with Gasteiger partial charge in [0.1, 0.15) is 28.7 Å². The normalized spacial score (nSPS) is 12.3. The van der Waals surface area contributed by atoms with Crippen molar-refractivity contribution in [2.45, 2.75) is 46.3 Å². The van der Waals surface area contributed by atoms with Crippen LogP contribution < -0.4 is 20.4 Å². The number of carbonyl (C=O) groups excluding carboxylic acids is 2. The van der Waals surface area contributed by atoms with Gasteiger partial charge in [0, 0.05) is 17.5 Å². The smallest absolute Gasteiger partial charge is 0.408 e. The Balaban J connectivity index is 1.86. The fraction of sp³-hybridized carbons (Fsp3) is 0.346. The Hall–Kier alpha value is -3.81. The number of ether oxygens (including phenoxy) is 3. The van der Waals surface area contributed by atoms with E-state index < -0.39 is 29.3 Å². The summed E-state index contributed by atoms with van der Waals surface area (Å²) in [7, 11) is 1.58. The first kappa shape index (κ1) is 24.8. The molecule has 0 aliphatic carbocycles. The van der Waals surface area contributed by atoms with Gasteiger partial charge >= 0.3 is 17.7 Å². The second-order valence-corrected chi connectivity index (χ2v) is 9.15.